The predicted octanol–water partition coefficient (Wildman–Crippen LogP) is 2.44. The molecule has 11 nitrogen and oxygen atoms in total. The lowest BCUT2D eigenvalue weighted by Crippen LogP contribution is -2.55. The molecule has 2 aliphatic rings. The summed E-state index contributed by atoms with van der Waals surface area (Å²) in [6, 6.07) is 6.35. The number of pyridine rings is 2. The van der Waals surface area contributed by atoms with Crippen LogP contribution >= 0.6 is 0 Å². The molecule has 210 valence electrons. The number of nitriles is 1. The zero-order chi connectivity index (χ0) is 28.2. The lowest BCUT2D eigenvalue weighted by molar-refractivity contribution is -0.0801. The monoisotopic (exact) mass is 552 g/mol. The first-order valence-corrected chi connectivity index (χ1v) is 12.9. The summed E-state index contributed by atoms with van der Waals surface area (Å²) in [4.78, 5) is 10.8. The third-order valence-electron chi connectivity index (χ3n) is 7.23. The van der Waals surface area contributed by atoms with E-state index in [1.165, 1.54) is 30.0 Å². The standard InChI is InChI=1S/C27H30F2N8O3/c1-16(34-22-5-6-36(12-21(22)29)20-13-39-14-20)26(35-31)17-7-24(27-18(8-30)9-33-37(27)11-17)40-15-25(38-2)23-4-3-19(28)10-32-23/h3-4,7,9-11,20-22,25H,5-6,12-15,31H2,1-2H3/b34-16?,35-26+/t21-,22+,25?/m0/s1. The quantitative estimate of drug-likeness (QED) is 0.243. The highest BCUT2D eigenvalue weighted by atomic mass is 19.1. The van der Waals surface area contributed by atoms with Gasteiger partial charge >= 0.3 is 0 Å². The van der Waals surface area contributed by atoms with Crippen molar-refractivity contribution in [2.75, 3.05) is 40.0 Å². The Kier molecular flexibility index (Phi) is 8.29. The summed E-state index contributed by atoms with van der Waals surface area (Å²) in [6.45, 7) is 4.08. The lowest BCUT2D eigenvalue weighted by atomic mass is 10.00. The van der Waals surface area contributed by atoms with Gasteiger partial charge in [0.2, 0.25) is 0 Å². The van der Waals surface area contributed by atoms with Crippen molar-refractivity contribution in [1.82, 2.24) is 19.5 Å². The van der Waals surface area contributed by atoms with Crippen LogP contribution in [0.5, 0.6) is 5.75 Å². The summed E-state index contributed by atoms with van der Waals surface area (Å²) in [5.41, 5.74) is 2.55. The highest BCUT2D eigenvalue weighted by Crippen LogP contribution is 2.28. The molecule has 2 N–H and O–H groups in total. The second-order valence-corrected chi connectivity index (χ2v) is 9.74. The number of nitrogens with two attached hydrogens (primary N) is 1. The van der Waals surface area contributed by atoms with E-state index in [2.05, 4.69) is 31.1 Å². The number of likely N-dealkylation sites (tertiary alicyclic amines) is 1. The van der Waals surface area contributed by atoms with Gasteiger partial charge in [0, 0.05) is 32.0 Å². The van der Waals surface area contributed by atoms with E-state index in [9.17, 15) is 9.65 Å². The van der Waals surface area contributed by atoms with Gasteiger partial charge in [0.1, 0.15) is 53.3 Å². The normalized spacial score (nSPS) is 21.7. The maximum absolute atomic E-state index is 15.1. The number of aromatic nitrogens is 3. The van der Waals surface area contributed by atoms with Gasteiger partial charge in [0.05, 0.1) is 49.1 Å². The van der Waals surface area contributed by atoms with Crippen molar-refractivity contribution in [1.29, 1.82) is 5.26 Å². The van der Waals surface area contributed by atoms with Crippen molar-refractivity contribution in [2.45, 2.75) is 37.7 Å². The highest BCUT2D eigenvalue weighted by molar-refractivity contribution is 6.47. The van der Waals surface area contributed by atoms with Crippen LogP contribution < -0.4 is 10.6 Å². The van der Waals surface area contributed by atoms with Crippen molar-refractivity contribution < 1.29 is 23.0 Å². The summed E-state index contributed by atoms with van der Waals surface area (Å²) in [5, 5.41) is 17.9. The molecule has 3 aromatic heterocycles. The van der Waals surface area contributed by atoms with Crippen LogP contribution in [0.15, 0.2) is 46.9 Å². The Morgan fingerprint density at radius 3 is 2.80 bits per heavy atom. The van der Waals surface area contributed by atoms with Crippen LogP contribution in [0.4, 0.5) is 8.78 Å². The molecule has 0 spiro atoms. The molecule has 0 aliphatic carbocycles. The van der Waals surface area contributed by atoms with Gasteiger partial charge in [-0.25, -0.2) is 13.3 Å². The van der Waals surface area contributed by atoms with Crippen molar-refractivity contribution in [3.63, 3.8) is 0 Å². The first-order chi connectivity index (χ1) is 19.4. The molecule has 13 heteroatoms. The summed E-state index contributed by atoms with van der Waals surface area (Å²) in [7, 11) is 1.49. The second-order valence-electron chi connectivity index (χ2n) is 9.74. The molecule has 5 heterocycles. The fraction of sp³-hybridized carbons (Fsp3) is 0.444. The number of ether oxygens (including phenoxy) is 3. The van der Waals surface area contributed by atoms with E-state index < -0.39 is 24.1 Å². The number of methoxy groups -OCH3 is 1. The van der Waals surface area contributed by atoms with Gasteiger partial charge in [0.25, 0.3) is 0 Å². The van der Waals surface area contributed by atoms with Crippen molar-refractivity contribution in [3.05, 3.63) is 59.4 Å². The third-order valence-corrected chi connectivity index (χ3v) is 7.23. The zero-order valence-electron chi connectivity index (χ0n) is 22.2. The number of nitrogens with zero attached hydrogens (tertiary/aromatic N) is 7. The van der Waals surface area contributed by atoms with Gasteiger partial charge in [-0.2, -0.15) is 15.5 Å². The minimum Gasteiger partial charge on any atom is -0.488 e. The Bertz CT molecular complexity index is 1450. The van der Waals surface area contributed by atoms with Crippen LogP contribution in [0, 0.1) is 17.1 Å². The lowest BCUT2D eigenvalue weighted by Gasteiger charge is -2.42. The number of aliphatic imine (C=N–C) groups is 1. The van der Waals surface area contributed by atoms with Crippen molar-refractivity contribution in [3.8, 4) is 11.8 Å². The molecule has 3 atom stereocenters. The number of hydrazone groups is 1. The van der Waals surface area contributed by atoms with E-state index in [1.807, 2.05) is 0 Å². The first-order valence-electron chi connectivity index (χ1n) is 12.9. The number of hydrogen-bond donors (Lipinski definition) is 1. The maximum atomic E-state index is 15.1. The molecule has 40 heavy (non-hydrogen) atoms. The smallest absolute Gasteiger partial charge is 0.147 e. The van der Waals surface area contributed by atoms with Crippen LogP contribution in [-0.4, -0.2) is 89.2 Å². The number of rotatable bonds is 9. The Labute approximate surface area is 229 Å². The predicted molar refractivity (Wildman–Crippen MR) is 143 cm³/mol. The van der Waals surface area contributed by atoms with Crippen LogP contribution in [0.2, 0.25) is 0 Å². The molecule has 3 aromatic rings. The average Bonchev–Trinajstić information content (AvgIpc) is 3.34. The van der Waals surface area contributed by atoms with Crippen molar-refractivity contribution in [2.24, 2.45) is 15.9 Å². The Morgan fingerprint density at radius 1 is 1.35 bits per heavy atom. The molecule has 0 saturated carbocycles. The van der Waals surface area contributed by atoms with Crippen molar-refractivity contribution >= 4 is 16.9 Å². The molecule has 5 rings (SSSR count). The highest BCUT2D eigenvalue weighted by Gasteiger charge is 2.35. The Morgan fingerprint density at radius 2 is 2.17 bits per heavy atom. The molecule has 0 radical (unpaired) electrons. The zero-order valence-corrected chi connectivity index (χ0v) is 22.2. The largest absolute Gasteiger partial charge is 0.488 e. The Hall–Kier alpha value is -3.99. The number of hydrogen-bond acceptors (Lipinski definition) is 10. The van der Waals surface area contributed by atoms with E-state index in [4.69, 9.17) is 20.1 Å². The third kappa shape index (κ3) is 5.65. The summed E-state index contributed by atoms with van der Waals surface area (Å²) in [6.07, 6.45) is 3.03. The SMILES string of the molecule is COC(COc1cc(/C(=N/N)C(C)=N[C@@H]2CCN(C3COC3)C[C@@H]2F)cn2ncc(C#N)c12)c1ccc(F)cn1. The van der Waals surface area contributed by atoms with Gasteiger partial charge in [-0.1, -0.05) is 0 Å². The van der Waals surface area contributed by atoms with E-state index in [-0.39, 0.29) is 12.6 Å². The number of halogens is 2. The number of fused-ring (bicyclic) bond motifs is 1. The number of piperidine rings is 1. The second kappa shape index (κ2) is 12.0. The van der Waals surface area contributed by atoms with E-state index >= 15 is 4.39 Å². The summed E-state index contributed by atoms with van der Waals surface area (Å²) in [5.74, 6) is 5.66. The van der Waals surface area contributed by atoms with Gasteiger partial charge in [-0.15, -0.1) is 0 Å². The summed E-state index contributed by atoms with van der Waals surface area (Å²) >= 11 is 0. The molecule has 1 unspecified atom stereocenters. The van der Waals surface area contributed by atoms with Gasteiger partial charge < -0.3 is 20.1 Å². The number of alkyl halides is 1. The molecule has 2 saturated heterocycles. The first kappa shape index (κ1) is 27.6. The topological polar surface area (TPSA) is 136 Å². The van der Waals surface area contributed by atoms with Gasteiger partial charge in [0.15, 0.2) is 0 Å². The summed E-state index contributed by atoms with van der Waals surface area (Å²) < 4.78 is 46.8. The molecule has 2 fully saturated rings. The average molecular weight is 553 g/mol. The van der Waals surface area contributed by atoms with Gasteiger partial charge in [-0.05, 0) is 31.5 Å². The fourth-order valence-corrected chi connectivity index (χ4v) is 4.94. The fourth-order valence-electron chi connectivity index (χ4n) is 4.94. The molecule has 0 aromatic carbocycles. The van der Waals surface area contributed by atoms with Gasteiger partial charge in [-0.3, -0.25) is 14.9 Å². The van der Waals surface area contributed by atoms with Crippen LogP contribution in [0.3, 0.4) is 0 Å². The van der Waals surface area contributed by atoms with Crippen LogP contribution in [0.1, 0.15) is 36.3 Å². The van der Waals surface area contributed by atoms with Crippen LogP contribution in [-0.2, 0) is 9.47 Å². The molecular weight excluding hydrogens is 522 g/mol. The Balaban J connectivity index is 1.40. The molecule has 0 amide bonds. The minimum absolute atomic E-state index is 0.0145. The van der Waals surface area contributed by atoms with E-state index in [1.54, 1.807) is 19.2 Å². The molecule has 2 aliphatic heterocycles. The molecule has 0 bridgehead atoms. The van der Waals surface area contributed by atoms with E-state index in [0.717, 1.165) is 12.7 Å². The molecular formula is C27H30F2N8O3. The van der Waals surface area contributed by atoms with Crippen LogP contribution in [0.25, 0.3) is 5.52 Å². The van der Waals surface area contributed by atoms with E-state index in [0.29, 0.717) is 65.7 Å². The maximum Gasteiger partial charge on any atom is 0.147 e. The minimum atomic E-state index is -1.12.